The highest BCUT2D eigenvalue weighted by molar-refractivity contribution is 6.19. The molecule has 0 spiro atoms. The number of hydrogen-bond acceptors (Lipinski definition) is 2. The smallest absolute Gasteiger partial charge is 0.275 e. The topological polar surface area (TPSA) is 41.5 Å². The van der Waals surface area contributed by atoms with Gasteiger partial charge in [0.05, 0.1) is 0 Å². The van der Waals surface area contributed by atoms with Crippen LogP contribution < -0.4 is 5.32 Å². The van der Waals surface area contributed by atoms with E-state index in [2.05, 4.69) is 10.3 Å². The third-order valence-corrected chi connectivity index (χ3v) is 2.92. The van der Waals surface area contributed by atoms with E-state index in [4.69, 9.17) is 0 Å². The van der Waals surface area contributed by atoms with Crippen molar-refractivity contribution in [1.82, 2.24) is 5.32 Å². The summed E-state index contributed by atoms with van der Waals surface area (Å²) in [6.45, 7) is 0. The summed E-state index contributed by atoms with van der Waals surface area (Å²) in [6.07, 6.45) is 1.63. The Morgan fingerprint density at radius 2 is 1.70 bits per heavy atom. The lowest BCUT2D eigenvalue weighted by Gasteiger charge is -1.98. The fraction of sp³-hybridized carbons (Fsp3) is 0. The second-order valence-electron chi connectivity index (χ2n) is 4.36. The monoisotopic (exact) mass is 266 g/mol. The molecule has 0 aromatic heterocycles. The Balaban J connectivity index is 1.92. The van der Waals surface area contributed by atoms with Gasteiger partial charge in [-0.3, -0.25) is 4.79 Å². The summed E-state index contributed by atoms with van der Waals surface area (Å²) in [5.41, 5.74) is 1.90. The number of amides is 1. The Morgan fingerprint density at radius 1 is 1.00 bits per heavy atom. The zero-order valence-electron chi connectivity index (χ0n) is 10.5. The number of carbonyl (C=O) groups is 1. The minimum atomic E-state index is -0.309. The third-order valence-electron chi connectivity index (χ3n) is 2.92. The van der Waals surface area contributed by atoms with Gasteiger partial charge in [-0.15, -0.1) is 0 Å². The molecule has 1 aliphatic rings. The molecule has 3 rings (SSSR count). The van der Waals surface area contributed by atoms with Crippen LogP contribution in [0.5, 0.6) is 0 Å². The lowest BCUT2D eigenvalue weighted by Crippen LogP contribution is -2.24. The molecule has 1 N–H and O–H groups in total. The van der Waals surface area contributed by atoms with Crippen molar-refractivity contribution >= 4 is 17.8 Å². The van der Waals surface area contributed by atoms with E-state index in [0.29, 0.717) is 11.5 Å². The molecule has 1 amide bonds. The van der Waals surface area contributed by atoms with E-state index in [-0.39, 0.29) is 11.7 Å². The van der Waals surface area contributed by atoms with Gasteiger partial charge in [-0.25, -0.2) is 9.38 Å². The summed E-state index contributed by atoms with van der Waals surface area (Å²) in [4.78, 5) is 16.1. The fourth-order valence-electron chi connectivity index (χ4n) is 1.92. The van der Waals surface area contributed by atoms with Crippen LogP contribution in [-0.4, -0.2) is 11.7 Å². The van der Waals surface area contributed by atoms with E-state index in [1.807, 2.05) is 30.3 Å². The highest BCUT2D eigenvalue weighted by Crippen LogP contribution is 2.15. The van der Waals surface area contributed by atoms with E-state index in [1.165, 1.54) is 12.1 Å². The van der Waals surface area contributed by atoms with E-state index < -0.39 is 0 Å². The largest absolute Gasteiger partial charge is 0.305 e. The molecule has 0 unspecified atom stereocenters. The van der Waals surface area contributed by atoms with E-state index in [9.17, 15) is 9.18 Å². The molecular weight excluding hydrogens is 255 g/mol. The van der Waals surface area contributed by atoms with Gasteiger partial charge < -0.3 is 5.32 Å². The maximum atomic E-state index is 12.8. The first-order valence-corrected chi connectivity index (χ1v) is 6.15. The minimum Gasteiger partial charge on any atom is -0.305 e. The Kier molecular flexibility index (Phi) is 3.13. The van der Waals surface area contributed by atoms with Crippen LogP contribution in [0.2, 0.25) is 0 Å². The molecule has 0 bridgehead atoms. The molecule has 2 aromatic carbocycles. The van der Waals surface area contributed by atoms with Crippen LogP contribution in [0.3, 0.4) is 0 Å². The van der Waals surface area contributed by atoms with Crippen LogP contribution in [0.1, 0.15) is 11.1 Å². The molecule has 1 heterocycles. The fourth-order valence-corrected chi connectivity index (χ4v) is 1.92. The predicted octanol–water partition coefficient (Wildman–Crippen LogP) is 2.74. The number of hydrogen-bond donors (Lipinski definition) is 1. The Morgan fingerprint density at radius 3 is 2.40 bits per heavy atom. The number of halogens is 1. The molecule has 2 aromatic rings. The Labute approximate surface area is 115 Å². The van der Waals surface area contributed by atoms with Crippen LogP contribution in [0.4, 0.5) is 4.39 Å². The van der Waals surface area contributed by atoms with Gasteiger partial charge in [-0.1, -0.05) is 42.5 Å². The van der Waals surface area contributed by atoms with Crippen molar-refractivity contribution in [3.63, 3.8) is 0 Å². The highest BCUT2D eigenvalue weighted by atomic mass is 19.1. The van der Waals surface area contributed by atoms with E-state index in [1.54, 1.807) is 18.2 Å². The summed E-state index contributed by atoms with van der Waals surface area (Å²) in [7, 11) is 0. The first-order chi connectivity index (χ1) is 9.72. The molecule has 0 saturated heterocycles. The summed E-state index contributed by atoms with van der Waals surface area (Å²) < 4.78 is 12.8. The van der Waals surface area contributed by atoms with Crippen molar-refractivity contribution in [2.24, 2.45) is 4.99 Å². The van der Waals surface area contributed by atoms with Crippen LogP contribution in [0.25, 0.3) is 6.08 Å². The van der Waals surface area contributed by atoms with Crippen molar-refractivity contribution in [3.05, 3.63) is 77.2 Å². The van der Waals surface area contributed by atoms with Gasteiger partial charge in [-0.2, -0.15) is 0 Å². The molecule has 20 heavy (non-hydrogen) atoms. The lowest BCUT2D eigenvalue weighted by atomic mass is 10.2. The number of aliphatic imine (C=N–C) groups is 1. The number of nitrogens with one attached hydrogen (secondary N) is 1. The van der Waals surface area contributed by atoms with Crippen LogP contribution in [-0.2, 0) is 4.79 Å². The van der Waals surface area contributed by atoms with Crippen LogP contribution in [0, 0.1) is 5.82 Å². The van der Waals surface area contributed by atoms with Crippen molar-refractivity contribution in [2.75, 3.05) is 0 Å². The lowest BCUT2D eigenvalue weighted by molar-refractivity contribution is -0.115. The summed E-state index contributed by atoms with van der Waals surface area (Å²) in [5, 5.41) is 2.72. The van der Waals surface area contributed by atoms with Gasteiger partial charge in [-0.05, 0) is 23.8 Å². The minimum absolute atomic E-state index is 0.256. The van der Waals surface area contributed by atoms with Gasteiger partial charge in [0.2, 0.25) is 0 Å². The average molecular weight is 266 g/mol. The second kappa shape index (κ2) is 5.09. The predicted molar refractivity (Wildman–Crippen MR) is 75.5 cm³/mol. The molecular formula is C16H11FN2O. The number of nitrogens with zero attached hydrogens (tertiary/aromatic N) is 1. The zero-order valence-corrected chi connectivity index (χ0v) is 10.5. The van der Waals surface area contributed by atoms with Gasteiger partial charge in [0.25, 0.3) is 5.91 Å². The zero-order chi connectivity index (χ0) is 13.9. The first-order valence-electron chi connectivity index (χ1n) is 6.15. The Hall–Kier alpha value is -2.75. The maximum absolute atomic E-state index is 12.8. The molecule has 1 aliphatic heterocycles. The molecule has 0 saturated carbocycles. The normalized spacial score (nSPS) is 16.1. The SMILES string of the molecule is O=C1NC(c2ccccc2)=NC1=Cc1ccc(F)cc1. The third kappa shape index (κ3) is 2.49. The van der Waals surface area contributed by atoms with Gasteiger partial charge in [0.15, 0.2) is 0 Å². The maximum Gasteiger partial charge on any atom is 0.275 e. The summed E-state index contributed by atoms with van der Waals surface area (Å²) in [5.74, 6) is -0.0337. The average Bonchev–Trinajstić information content (AvgIpc) is 2.84. The molecule has 3 nitrogen and oxygen atoms in total. The van der Waals surface area contributed by atoms with Crippen LogP contribution in [0.15, 0.2) is 65.3 Å². The number of rotatable bonds is 2. The summed E-state index contributed by atoms with van der Waals surface area (Å²) in [6, 6.07) is 15.3. The highest BCUT2D eigenvalue weighted by Gasteiger charge is 2.20. The van der Waals surface area contributed by atoms with Crippen molar-refractivity contribution in [1.29, 1.82) is 0 Å². The standard InChI is InChI=1S/C16H11FN2O/c17-13-8-6-11(7-9-13)10-14-16(20)19-15(18-14)12-4-2-1-3-5-12/h1-10H,(H,18,19,20). The quantitative estimate of drug-likeness (QED) is 0.834. The number of carbonyl (C=O) groups excluding carboxylic acids is 1. The molecule has 4 heteroatoms. The van der Waals surface area contributed by atoms with Crippen LogP contribution >= 0.6 is 0 Å². The van der Waals surface area contributed by atoms with Gasteiger partial charge in [0, 0.05) is 5.56 Å². The second-order valence-corrected chi connectivity index (χ2v) is 4.36. The molecule has 0 fully saturated rings. The molecule has 0 atom stereocenters. The molecule has 0 radical (unpaired) electrons. The Bertz CT molecular complexity index is 703. The number of amidine groups is 1. The van der Waals surface area contributed by atoms with Crippen molar-refractivity contribution < 1.29 is 9.18 Å². The van der Waals surface area contributed by atoms with E-state index >= 15 is 0 Å². The summed E-state index contributed by atoms with van der Waals surface area (Å²) >= 11 is 0. The van der Waals surface area contributed by atoms with Gasteiger partial charge >= 0.3 is 0 Å². The first kappa shape index (κ1) is 12.3. The molecule has 0 aliphatic carbocycles. The van der Waals surface area contributed by atoms with Crippen molar-refractivity contribution in [2.45, 2.75) is 0 Å². The number of benzene rings is 2. The van der Waals surface area contributed by atoms with Gasteiger partial charge in [0.1, 0.15) is 17.3 Å². The van der Waals surface area contributed by atoms with E-state index in [0.717, 1.165) is 11.1 Å². The molecule has 98 valence electrons. The van der Waals surface area contributed by atoms with Crippen molar-refractivity contribution in [3.8, 4) is 0 Å².